The summed E-state index contributed by atoms with van der Waals surface area (Å²) in [6, 6.07) is 22.6. The van der Waals surface area contributed by atoms with Crippen molar-refractivity contribution in [1.82, 2.24) is 0 Å². The Labute approximate surface area is 205 Å². The van der Waals surface area contributed by atoms with E-state index in [4.69, 9.17) is 27.9 Å². The Kier molecular flexibility index (Phi) is 7.16. The van der Waals surface area contributed by atoms with Crippen LogP contribution in [0.1, 0.15) is 11.1 Å². The van der Waals surface area contributed by atoms with Gasteiger partial charge in [0.1, 0.15) is 11.5 Å². The Hall–Kier alpha value is -2.69. The number of benzene rings is 4. The van der Waals surface area contributed by atoms with Gasteiger partial charge in [0, 0.05) is 10.0 Å². The molecule has 0 unspecified atom stereocenters. The summed E-state index contributed by atoms with van der Waals surface area (Å²) in [5.41, 5.74) is 6.95. The van der Waals surface area contributed by atoms with Crippen LogP contribution in [0.3, 0.4) is 0 Å². The zero-order chi connectivity index (χ0) is 23.5. The second kappa shape index (κ2) is 10.1. The molecule has 0 heterocycles. The fourth-order valence-corrected chi connectivity index (χ4v) is 4.38. The van der Waals surface area contributed by atoms with Gasteiger partial charge in [0.15, 0.2) is 0 Å². The van der Waals surface area contributed by atoms with E-state index in [2.05, 4.69) is 0 Å². The molecule has 3 nitrogen and oxygen atoms in total. The van der Waals surface area contributed by atoms with E-state index in [1.54, 1.807) is 0 Å². The molecule has 0 aliphatic heterocycles. The maximum absolute atomic E-state index is 10.2. The van der Waals surface area contributed by atoms with Gasteiger partial charge in [-0.3, -0.25) is 0 Å². The molecule has 4 aromatic carbocycles. The number of halogens is 2. The summed E-state index contributed by atoms with van der Waals surface area (Å²) < 4.78 is 6.30. The minimum atomic E-state index is -0.209. The van der Waals surface area contributed by atoms with E-state index in [-0.39, 0.29) is 15.0 Å². The Bertz CT molecular complexity index is 1220. The van der Waals surface area contributed by atoms with Gasteiger partial charge in [-0.2, -0.15) is 0 Å². The van der Waals surface area contributed by atoms with Gasteiger partial charge in [-0.15, -0.1) is 0 Å². The summed E-state index contributed by atoms with van der Waals surface area (Å²) >= 11 is 12.5. The van der Waals surface area contributed by atoms with Gasteiger partial charge in [0.2, 0.25) is 0 Å². The van der Waals surface area contributed by atoms with Crippen molar-refractivity contribution in [2.24, 2.45) is 0 Å². The Morgan fingerprint density at radius 1 is 0.606 bits per heavy atom. The first kappa shape index (κ1) is 23.5. The third kappa shape index (κ3) is 4.82. The summed E-state index contributed by atoms with van der Waals surface area (Å²) in [7, 11) is -0.419. The molecule has 0 atom stereocenters. The summed E-state index contributed by atoms with van der Waals surface area (Å²) in [4.78, 5) is 0. The quantitative estimate of drug-likeness (QED) is 0.399. The van der Waals surface area contributed by atoms with Crippen LogP contribution in [0.5, 0.6) is 11.5 Å². The van der Waals surface area contributed by atoms with Crippen LogP contribution < -0.4 is 15.7 Å². The smallest absolute Gasteiger partial charge is 0.309 e. The molecule has 7 heteroatoms. The van der Waals surface area contributed by atoms with E-state index in [0.29, 0.717) is 32.5 Å². The van der Waals surface area contributed by atoms with E-state index in [9.17, 15) is 10.0 Å². The lowest BCUT2D eigenvalue weighted by atomic mass is 9.79. The van der Waals surface area contributed by atoms with E-state index >= 15 is 0 Å². The molecule has 33 heavy (non-hydrogen) atoms. The molecule has 0 spiro atoms. The maximum atomic E-state index is 10.2. The fraction of sp³-hybridized carbons (Fsp3) is 0.0769. The van der Waals surface area contributed by atoms with Gasteiger partial charge < -0.3 is 14.8 Å². The van der Waals surface area contributed by atoms with Crippen LogP contribution in [-0.2, 0) is 0 Å². The van der Waals surface area contributed by atoms with Crippen molar-refractivity contribution in [3.05, 3.63) is 94.0 Å². The number of ether oxygens (including phenoxy) is 1. The highest BCUT2D eigenvalue weighted by Crippen LogP contribution is 2.31. The summed E-state index contributed by atoms with van der Waals surface area (Å²) in [6.45, 7) is 4.00. The lowest BCUT2D eigenvalue weighted by Crippen LogP contribution is -2.23. The Morgan fingerprint density at radius 2 is 1.03 bits per heavy atom. The number of aryl methyl sites for hydroxylation is 2. The topological polar surface area (TPSA) is 49.7 Å². The van der Waals surface area contributed by atoms with E-state index in [0.717, 1.165) is 33.4 Å². The molecule has 164 valence electrons. The lowest BCUT2D eigenvalue weighted by molar-refractivity contribution is 0.487. The first-order valence-corrected chi connectivity index (χ1v) is 11.3. The molecule has 0 saturated carbocycles. The first-order valence-electron chi connectivity index (χ1n) is 10.6. The van der Waals surface area contributed by atoms with Crippen molar-refractivity contribution in [2.75, 3.05) is 0 Å². The standard InChI is InChI=1S/C26H22B2Cl2O3/c1-15-9-11-17(29)13-21(15)19-5-3-7-23(25(19)27-31)33-24-8-4-6-20(26(24)28-32)22-14-18(30)12-10-16(22)2/h3-14,27-28,31-32H,1-2H3. The molecule has 0 aliphatic rings. The van der Waals surface area contributed by atoms with Crippen LogP contribution in [0, 0.1) is 13.8 Å². The number of hydrogen-bond donors (Lipinski definition) is 2. The van der Waals surface area contributed by atoms with Gasteiger partial charge in [-0.25, -0.2) is 0 Å². The van der Waals surface area contributed by atoms with Gasteiger partial charge in [0.05, 0.1) is 0 Å². The zero-order valence-corrected chi connectivity index (χ0v) is 19.9. The predicted molar refractivity (Wildman–Crippen MR) is 141 cm³/mol. The summed E-state index contributed by atoms with van der Waals surface area (Å²) in [6.07, 6.45) is 0. The molecule has 0 radical (unpaired) electrons. The van der Waals surface area contributed by atoms with Crippen LogP contribution in [0.25, 0.3) is 22.3 Å². The van der Waals surface area contributed by atoms with Crippen molar-refractivity contribution in [2.45, 2.75) is 13.8 Å². The molecule has 0 amide bonds. The van der Waals surface area contributed by atoms with Crippen molar-refractivity contribution in [1.29, 1.82) is 0 Å². The number of hydrogen-bond acceptors (Lipinski definition) is 3. The van der Waals surface area contributed by atoms with Crippen molar-refractivity contribution >= 4 is 49.1 Å². The Morgan fingerprint density at radius 3 is 1.42 bits per heavy atom. The highest BCUT2D eigenvalue weighted by Gasteiger charge is 2.18. The van der Waals surface area contributed by atoms with Gasteiger partial charge in [-0.1, -0.05) is 59.6 Å². The highest BCUT2D eigenvalue weighted by atomic mass is 35.5. The summed E-state index contributed by atoms with van der Waals surface area (Å²) in [5.74, 6) is 1.04. The van der Waals surface area contributed by atoms with E-state index in [1.807, 2.05) is 86.6 Å². The Balaban J connectivity index is 1.82. The predicted octanol–water partition coefficient (Wildman–Crippen LogP) is 4.67. The first-order chi connectivity index (χ1) is 15.9. The molecule has 4 aromatic rings. The molecular formula is C26H22B2Cl2O3. The largest absolute Gasteiger partial charge is 0.458 e. The maximum Gasteiger partial charge on any atom is 0.309 e. The molecule has 0 aliphatic carbocycles. The van der Waals surface area contributed by atoms with Gasteiger partial charge >= 0.3 is 15.0 Å². The average molecular weight is 475 g/mol. The molecule has 0 saturated heterocycles. The highest BCUT2D eigenvalue weighted by molar-refractivity contribution is 6.50. The van der Waals surface area contributed by atoms with Crippen molar-refractivity contribution < 1.29 is 14.8 Å². The molecule has 4 rings (SSSR count). The second-order valence-electron chi connectivity index (χ2n) is 7.90. The van der Waals surface area contributed by atoms with Gasteiger partial charge in [-0.05, 0) is 94.6 Å². The molecule has 2 N–H and O–H groups in total. The third-order valence-electron chi connectivity index (χ3n) is 5.78. The van der Waals surface area contributed by atoms with Crippen LogP contribution in [0.15, 0.2) is 72.8 Å². The number of rotatable bonds is 6. The van der Waals surface area contributed by atoms with Crippen molar-refractivity contribution in [3.8, 4) is 33.8 Å². The SMILES string of the molecule is Cc1ccc(Cl)cc1-c1cccc(Oc2cccc(-c3cc(Cl)ccc3C)c2BO)c1BO. The summed E-state index contributed by atoms with van der Waals surface area (Å²) in [5, 5.41) is 21.7. The van der Waals surface area contributed by atoms with Crippen LogP contribution in [0.4, 0.5) is 0 Å². The molecule has 0 fully saturated rings. The monoisotopic (exact) mass is 474 g/mol. The lowest BCUT2D eigenvalue weighted by Gasteiger charge is -2.19. The minimum Gasteiger partial charge on any atom is -0.458 e. The van der Waals surface area contributed by atoms with E-state index in [1.165, 1.54) is 0 Å². The van der Waals surface area contributed by atoms with Crippen molar-refractivity contribution in [3.63, 3.8) is 0 Å². The molecule has 0 aromatic heterocycles. The molecule has 0 bridgehead atoms. The van der Waals surface area contributed by atoms with Crippen LogP contribution in [0.2, 0.25) is 10.0 Å². The second-order valence-corrected chi connectivity index (χ2v) is 8.77. The molecular weight excluding hydrogens is 453 g/mol. The zero-order valence-electron chi connectivity index (χ0n) is 18.4. The van der Waals surface area contributed by atoms with E-state index < -0.39 is 0 Å². The van der Waals surface area contributed by atoms with Crippen LogP contribution in [-0.4, -0.2) is 25.0 Å². The normalized spacial score (nSPS) is 10.7. The van der Waals surface area contributed by atoms with Crippen LogP contribution >= 0.6 is 23.2 Å². The minimum absolute atomic E-state index is 0.209. The fourth-order valence-electron chi connectivity index (χ4n) is 4.04. The third-order valence-corrected chi connectivity index (χ3v) is 6.25. The van der Waals surface area contributed by atoms with Gasteiger partial charge in [0.25, 0.3) is 0 Å². The average Bonchev–Trinajstić information content (AvgIpc) is 2.82.